The van der Waals surface area contributed by atoms with Crippen molar-refractivity contribution >= 4 is 11.8 Å². The molecule has 2 aliphatic rings. The molecule has 0 saturated carbocycles. The van der Waals surface area contributed by atoms with Crippen LogP contribution in [0.3, 0.4) is 0 Å². The van der Waals surface area contributed by atoms with E-state index in [0.29, 0.717) is 36.5 Å². The first-order valence-corrected chi connectivity index (χ1v) is 12.0. The number of methoxy groups -OCH3 is 2. The minimum absolute atomic E-state index is 0.0182. The molecule has 0 fully saturated rings. The van der Waals surface area contributed by atoms with E-state index in [9.17, 15) is 9.59 Å². The number of allylic oxidation sites excluding steroid dienone is 2. The number of Topliss-reactive ketones (excluding diaryl/α,β-unsaturated/α-hetero) is 1. The first-order valence-electron chi connectivity index (χ1n) is 12.0. The van der Waals surface area contributed by atoms with Gasteiger partial charge in [-0.05, 0) is 42.0 Å². The second kappa shape index (κ2) is 10.4. The highest BCUT2D eigenvalue weighted by molar-refractivity contribution is 6.01. The standard InChI is InChI=1S/C29H33NO5/c1-17(2)16-35-29(32)26-18(3)30-23-14-20(19-10-12-21(33-4)13-11-19)15-24(31)28(23)27(26)22-8-6-7-9-25(22)34-5/h6-13,17,20,26-27,30H,3,14-16H2,1-2,4-5H3. The van der Waals surface area contributed by atoms with E-state index in [2.05, 4.69) is 11.9 Å². The van der Waals surface area contributed by atoms with Crippen molar-refractivity contribution in [3.63, 3.8) is 0 Å². The molecule has 1 N–H and O–H groups in total. The summed E-state index contributed by atoms with van der Waals surface area (Å²) in [6, 6.07) is 15.4. The summed E-state index contributed by atoms with van der Waals surface area (Å²) in [5.74, 6) is 0.00214. The quantitative estimate of drug-likeness (QED) is 0.561. The van der Waals surface area contributed by atoms with E-state index < -0.39 is 11.8 Å². The van der Waals surface area contributed by atoms with Crippen LogP contribution in [0.4, 0.5) is 0 Å². The van der Waals surface area contributed by atoms with Gasteiger partial charge in [0.25, 0.3) is 0 Å². The highest BCUT2D eigenvalue weighted by atomic mass is 16.5. The van der Waals surface area contributed by atoms with Crippen molar-refractivity contribution in [3.05, 3.63) is 83.2 Å². The molecule has 4 rings (SSSR count). The van der Waals surface area contributed by atoms with Crippen molar-refractivity contribution in [1.29, 1.82) is 0 Å². The highest BCUT2D eigenvalue weighted by Crippen LogP contribution is 2.49. The Kier molecular flexibility index (Phi) is 7.29. The molecule has 0 spiro atoms. The summed E-state index contributed by atoms with van der Waals surface area (Å²) in [7, 11) is 3.23. The van der Waals surface area contributed by atoms with Crippen molar-refractivity contribution in [3.8, 4) is 11.5 Å². The van der Waals surface area contributed by atoms with Gasteiger partial charge in [-0.1, -0.05) is 50.8 Å². The average Bonchev–Trinajstić information content (AvgIpc) is 2.86. The molecule has 0 bridgehead atoms. The lowest BCUT2D eigenvalue weighted by molar-refractivity contribution is -0.149. The number of rotatable bonds is 7. The van der Waals surface area contributed by atoms with Crippen LogP contribution in [0, 0.1) is 11.8 Å². The second-order valence-electron chi connectivity index (χ2n) is 9.57. The molecule has 1 aliphatic carbocycles. The maximum Gasteiger partial charge on any atom is 0.315 e. The zero-order valence-corrected chi connectivity index (χ0v) is 20.8. The van der Waals surface area contributed by atoms with E-state index in [1.54, 1.807) is 14.2 Å². The van der Waals surface area contributed by atoms with Crippen LogP contribution in [0.25, 0.3) is 0 Å². The lowest BCUT2D eigenvalue weighted by Gasteiger charge is -2.40. The van der Waals surface area contributed by atoms with Crippen LogP contribution in [-0.2, 0) is 14.3 Å². The topological polar surface area (TPSA) is 73.9 Å². The molecule has 0 aromatic heterocycles. The van der Waals surface area contributed by atoms with E-state index in [0.717, 1.165) is 22.6 Å². The molecule has 1 aliphatic heterocycles. The van der Waals surface area contributed by atoms with Crippen molar-refractivity contribution in [1.82, 2.24) is 5.32 Å². The molecule has 6 heteroatoms. The zero-order chi connectivity index (χ0) is 25.1. The predicted octanol–water partition coefficient (Wildman–Crippen LogP) is 5.12. The summed E-state index contributed by atoms with van der Waals surface area (Å²) in [5.41, 5.74) is 3.84. The van der Waals surface area contributed by atoms with Crippen LogP contribution in [0.15, 0.2) is 72.1 Å². The molecule has 3 atom stereocenters. The first kappa shape index (κ1) is 24.6. The van der Waals surface area contributed by atoms with Crippen LogP contribution in [-0.4, -0.2) is 32.6 Å². The van der Waals surface area contributed by atoms with E-state index in [1.807, 2.05) is 62.4 Å². The van der Waals surface area contributed by atoms with E-state index in [1.165, 1.54) is 0 Å². The van der Waals surface area contributed by atoms with Gasteiger partial charge in [-0.3, -0.25) is 9.59 Å². The number of carbonyl (C=O) groups is 2. The molecule has 0 saturated heterocycles. The molecule has 3 unspecified atom stereocenters. The first-order chi connectivity index (χ1) is 16.8. The third kappa shape index (κ3) is 4.97. The SMILES string of the molecule is C=C1NC2=C(C(=O)CC(c3ccc(OC)cc3)C2)C(c2ccccc2OC)C1C(=O)OCC(C)C. The van der Waals surface area contributed by atoms with Crippen LogP contribution in [0.5, 0.6) is 11.5 Å². The molecule has 184 valence electrons. The second-order valence-corrected chi connectivity index (χ2v) is 9.57. The van der Waals surface area contributed by atoms with Crippen molar-refractivity contribution in [2.24, 2.45) is 11.8 Å². The third-order valence-corrected chi connectivity index (χ3v) is 6.71. The molecule has 1 heterocycles. The Morgan fingerprint density at radius 1 is 1.06 bits per heavy atom. The minimum Gasteiger partial charge on any atom is -0.497 e. The normalized spacial score (nSPS) is 21.9. The molecule has 0 amide bonds. The molecule has 35 heavy (non-hydrogen) atoms. The largest absolute Gasteiger partial charge is 0.497 e. The molecule has 2 aromatic carbocycles. The van der Waals surface area contributed by atoms with Gasteiger partial charge in [0.2, 0.25) is 0 Å². The molecule has 2 aromatic rings. The van der Waals surface area contributed by atoms with E-state index in [-0.39, 0.29) is 23.6 Å². The fourth-order valence-electron chi connectivity index (χ4n) is 5.04. The Morgan fingerprint density at radius 2 is 1.77 bits per heavy atom. The number of ether oxygens (including phenoxy) is 3. The number of para-hydroxylation sites is 1. The zero-order valence-electron chi connectivity index (χ0n) is 20.8. The Labute approximate surface area is 207 Å². The van der Waals surface area contributed by atoms with Crippen LogP contribution >= 0.6 is 0 Å². The number of nitrogens with one attached hydrogen (secondary N) is 1. The summed E-state index contributed by atoms with van der Waals surface area (Å²) in [4.78, 5) is 27.0. The fraction of sp³-hybridized carbons (Fsp3) is 0.379. The number of esters is 1. The van der Waals surface area contributed by atoms with Crippen molar-refractivity contribution in [2.45, 2.75) is 38.5 Å². The summed E-state index contributed by atoms with van der Waals surface area (Å²) < 4.78 is 16.6. The summed E-state index contributed by atoms with van der Waals surface area (Å²) in [5, 5.41) is 3.32. The van der Waals surface area contributed by atoms with Crippen LogP contribution in [0.1, 0.15) is 49.7 Å². The van der Waals surface area contributed by atoms with Gasteiger partial charge in [0, 0.05) is 34.9 Å². The Balaban J connectivity index is 1.77. The Morgan fingerprint density at radius 3 is 2.43 bits per heavy atom. The lowest BCUT2D eigenvalue weighted by atomic mass is 9.69. The van der Waals surface area contributed by atoms with Crippen molar-refractivity contribution in [2.75, 3.05) is 20.8 Å². The molecule has 6 nitrogen and oxygen atoms in total. The van der Waals surface area contributed by atoms with E-state index in [4.69, 9.17) is 14.2 Å². The molecular weight excluding hydrogens is 442 g/mol. The van der Waals surface area contributed by atoms with Gasteiger partial charge in [0.15, 0.2) is 5.78 Å². The van der Waals surface area contributed by atoms with Gasteiger partial charge < -0.3 is 19.5 Å². The van der Waals surface area contributed by atoms with Gasteiger partial charge in [0.1, 0.15) is 17.4 Å². The number of ketones is 1. The van der Waals surface area contributed by atoms with Crippen LogP contribution < -0.4 is 14.8 Å². The smallest absolute Gasteiger partial charge is 0.315 e. The number of hydrogen-bond acceptors (Lipinski definition) is 6. The number of carbonyl (C=O) groups excluding carboxylic acids is 2. The van der Waals surface area contributed by atoms with Gasteiger partial charge in [-0.15, -0.1) is 0 Å². The highest BCUT2D eigenvalue weighted by Gasteiger charge is 2.46. The van der Waals surface area contributed by atoms with E-state index >= 15 is 0 Å². The fourth-order valence-corrected chi connectivity index (χ4v) is 5.04. The predicted molar refractivity (Wildman–Crippen MR) is 134 cm³/mol. The summed E-state index contributed by atoms with van der Waals surface area (Å²) in [6.07, 6.45) is 1.00. The van der Waals surface area contributed by atoms with Crippen molar-refractivity contribution < 1.29 is 23.8 Å². The van der Waals surface area contributed by atoms with Gasteiger partial charge in [-0.2, -0.15) is 0 Å². The Hall–Kier alpha value is -3.54. The third-order valence-electron chi connectivity index (χ3n) is 6.71. The van der Waals surface area contributed by atoms with Gasteiger partial charge in [0.05, 0.1) is 20.8 Å². The molecule has 0 radical (unpaired) electrons. The summed E-state index contributed by atoms with van der Waals surface area (Å²) >= 11 is 0. The maximum absolute atomic E-state index is 13.7. The van der Waals surface area contributed by atoms with Crippen LogP contribution in [0.2, 0.25) is 0 Å². The lowest BCUT2D eigenvalue weighted by Crippen LogP contribution is -2.42. The van der Waals surface area contributed by atoms with Gasteiger partial charge >= 0.3 is 5.97 Å². The Bertz CT molecular complexity index is 1150. The number of hydrogen-bond donors (Lipinski definition) is 1. The monoisotopic (exact) mass is 475 g/mol. The minimum atomic E-state index is -0.731. The summed E-state index contributed by atoms with van der Waals surface area (Å²) in [6.45, 7) is 8.48. The number of benzene rings is 2. The maximum atomic E-state index is 13.7. The van der Waals surface area contributed by atoms with Gasteiger partial charge in [-0.25, -0.2) is 0 Å². The molecular formula is C29H33NO5. The average molecular weight is 476 g/mol.